The average molecular weight is 124 g/mol. The molecule has 1 rings (SSSR count). The summed E-state index contributed by atoms with van der Waals surface area (Å²) in [5.74, 6) is 0. The van der Waals surface area contributed by atoms with Crippen LogP contribution in [0.1, 0.15) is 32.6 Å². The van der Waals surface area contributed by atoms with E-state index in [1.54, 1.807) is 0 Å². The van der Waals surface area contributed by atoms with Crippen LogP contribution in [0.4, 0.5) is 0 Å². The standard InChI is InChI=1S/C7H12N2/c1-2-3-4-7-5-6-8-9-7/h6H,2-5H2,1H3. The van der Waals surface area contributed by atoms with Crippen LogP contribution in [0.15, 0.2) is 10.2 Å². The third-order valence-electron chi connectivity index (χ3n) is 1.43. The van der Waals surface area contributed by atoms with Gasteiger partial charge in [0, 0.05) is 18.3 Å². The van der Waals surface area contributed by atoms with Crippen molar-refractivity contribution in [1.82, 2.24) is 0 Å². The molecule has 0 aromatic heterocycles. The van der Waals surface area contributed by atoms with E-state index in [1.807, 2.05) is 6.21 Å². The lowest BCUT2D eigenvalue weighted by molar-refractivity contribution is 0.830. The Labute approximate surface area is 55.7 Å². The van der Waals surface area contributed by atoms with E-state index in [1.165, 1.54) is 18.6 Å². The Morgan fingerprint density at radius 3 is 3.11 bits per heavy atom. The average Bonchev–Trinajstić information content (AvgIpc) is 2.34. The fourth-order valence-corrected chi connectivity index (χ4v) is 0.842. The van der Waals surface area contributed by atoms with E-state index in [2.05, 4.69) is 17.1 Å². The van der Waals surface area contributed by atoms with E-state index in [4.69, 9.17) is 0 Å². The summed E-state index contributed by atoms with van der Waals surface area (Å²) in [6.07, 6.45) is 6.49. The van der Waals surface area contributed by atoms with Crippen molar-refractivity contribution in [2.24, 2.45) is 10.2 Å². The summed E-state index contributed by atoms with van der Waals surface area (Å²) < 4.78 is 0. The summed E-state index contributed by atoms with van der Waals surface area (Å²) in [7, 11) is 0. The van der Waals surface area contributed by atoms with E-state index in [0.717, 1.165) is 12.8 Å². The molecule has 0 atom stereocenters. The van der Waals surface area contributed by atoms with Gasteiger partial charge in [-0.15, -0.1) is 0 Å². The fraction of sp³-hybridized carbons (Fsp3) is 0.714. The van der Waals surface area contributed by atoms with Gasteiger partial charge in [-0.1, -0.05) is 13.3 Å². The lowest BCUT2D eigenvalue weighted by atomic mass is 10.1. The van der Waals surface area contributed by atoms with Gasteiger partial charge in [0.15, 0.2) is 0 Å². The molecule has 50 valence electrons. The van der Waals surface area contributed by atoms with Gasteiger partial charge in [-0.05, 0) is 12.8 Å². The van der Waals surface area contributed by atoms with Crippen LogP contribution >= 0.6 is 0 Å². The van der Waals surface area contributed by atoms with Gasteiger partial charge >= 0.3 is 0 Å². The van der Waals surface area contributed by atoms with Crippen molar-refractivity contribution in [3.8, 4) is 0 Å². The van der Waals surface area contributed by atoms with Crippen LogP contribution < -0.4 is 0 Å². The predicted molar refractivity (Wildman–Crippen MR) is 40.1 cm³/mol. The first kappa shape index (κ1) is 6.46. The van der Waals surface area contributed by atoms with Crippen molar-refractivity contribution in [1.29, 1.82) is 0 Å². The molecule has 0 saturated carbocycles. The highest BCUT2D eigenvalue weighted by molar-refractivity contribution is 5.98. The number of unbranched alkanes of at least 4 members (excludes halogenated alkanes) is 1. The zero-order valence-electron chi connectivity index (χ0n) is 5.80. The maximum atomic E-state index is 3.96. The molecule has 0 aromatic rings. The van der Waals surface area contributed by atoms with Gasteiger partial charge < -0.3 is 0 Å². The van der Waals surface area contributed by atoms with E-state index in [-0.39, 0.29) is 0 Å². The minimum Gasteiger partial charge on any atom is -0.163 e. The van der Waals surface area contributed by atoms with Crippen LogP contribution in [0.3, 0.4) is 0 Å². The summed E-state index contributed by atoms with van der Waals surface area (Å²) in [5, 5.41) is 7.74. The first-order valence-corrected chi connectivity index (χ1v) is 3.50. The van der Waals surface area contributed by atoms with Gasteiger partial charge in [0.05, 0.1) is 0 Å². The van der Waals surface area contributed by atoms with Crippen molar-refractivity contribution in [3.63, 3.8) is 0 Å². The molecule has 1 aliphatic heterocycles. The van der Waals surface area contributed by atoms with Gasteiger partial charge in [0.1, 0.15) is 0 Å². The first-order chi connectivity index (χ1) is 4.43. The summed E-state index contributed by atoms with van der Waals surface area (Å²) in [5.41, 5.74) is 1.25. The Hall–Kier alpha value is -0.660. The van der Waals surface area contributed by atoms with E-state index in [0.29, 0.717) is 0 Å². The fourth-order valence-electron chi connectivity index (χ4n) is 0.842. The molecule has 0 saturated heterocycles. The SMILES string of the molecule is CCCCC1=NN=CC1. The number of hydrogen-bond acceptors (Lipinski definition) is 2. The summed E-state index contributed by atoms with van der Waals surface area (Å²) >= 11 is 0. The molecule has 0 aromatic carbocycles. The van der Waals surface area contributed by atoms with Crippen molar-refractivity contribution in [3.05, 3.63) is 0 Å². The zero-order valence-corrected chi connectivity index (χ0v) is 5.80. The monoisotopic (exact) mass is 124 g/mol. The number of hydrogen-bond donors (Lipinski definition) is 0. The molecule has 2 heteroatoms. The Kier molecular flexibility index (Phi) is 2.43. The smallest absolute Gasteiger partial charge is 0.0459 e. The lowest BCUT2D eigenvalue weighted by Gasteiger charge is -1.93. The molecule has 0 radical (unpaired) electrons. The maximum absolute atomic E-state index is 3.96. The molecule has 0 amide bonds. The Morgan fingerprint density at radius 1 is 1.67 bits per heavy atom. The molecular weight excluding hydrogens is 112 g/mol. The van der Waals surface area contributed by atoms with E-state index >= 15 is 0 Å². The van der Waals surface area contributed by atoms with Crippen molar-refractivity contribution >= 4 is 11.9 Å². The minimum absolute atomic E-state index is 0.986. The van der Waals surface area contributed by atoms with Crippen LogP contribution in [-0.4, -0.2) is 11.9 Å². The minimum atomic E-state index is 0.986. The Bertz CT molecular complexity index is 136. The molecule has 9 heavy (non-hydrogen) atoms. The molecule has 0 unspecified atom stereocenters. The summed E-state index contributed by atoms with van der Waals surface area (Å²) in [4.78, 5) is 0. The van der Waals surface area contributed by atoms with Gasteiger partial charge in [-0.3, -0.25) is 0 Å². The van der Waals surface area contributed by atoms with Crippen molar-refractivity contribution < 1.29 is 0 Å². The largest absolute Gasteiger partial charge is 0.163 e. The van der Waals surface area contributed by atoms with Crippen molar-refractivity contribution in [2.45, 2.75) is 32.6 Å². The van der Waals surface area contributed by atoms with Gasteiger partial charge in [-0.2, -0.15) is 10.2 Å². The maximum Gasteiger partial charge on any atom is 0.0459 e. The topological polar surface area (TPSA) is 24.7 Å². The Morgan fingerprint density at radius 2 is 2.56 bits per heavy atom. The molecule has 0 aliphatic carbocycles. The highest BCUT2D eigenvalue weighted by Gasteiger charge is 2.00. The quantitative estimate of drug-likeness (QED) is 0.549. The molecule has 0 N–H and O–H groups in total. The second kappa shape index (κ2) is 3.38. The highest BCUT2D eigenvalue weighted by atomic mass is 15.2. The zero-order chi connectivity index (χ0) is 6.53. The van der Waals surface area contributed by atoms with Gasteiger partial charge in [-0.25, -0.2) is 0 Å². The van der Waals surface area contributed by atoms with Gasteiger partial charge in [0.2, 0.25) is 0 Å². The third kappa shape index (κ3) is 1.96. The molecular formula is C7H12N2. The second-order valence-corrected chi connectivity index (χ2v) is 2.27. The first-order valence-electron chi connectivity index (χ1n) is 3.50. The second-order valence-electron chi connectivity index (χ2n) is 2.27. The summed E-state index contributed by atoms with van der Waals surface area (Å²) in [6, 6.07) is 0. The van der Waals surface area contributed by atoms with E-state index in [9.17, 15) is 0 Å². The van der Waals surface area contributed by atoms with Crippen LogP contribution in [0.25, 0.3) is 0 Å². The van der Waals surface area contributed by atoms with Crippen molar-refractivity contribution in [2.75, 3.05) is 0 Å². The normalized spacial score (nSPS) is 16.3. The van der Waals surface area contributed by atoms with Gasteiger partial charge in [0.25, 0.3) is 0 Å². The van der Waals surface area contributed by atoms with Crippen LogP contribution in [0.5, 0.6) is 0 Å². The highest BCUT2D eigenvalue weighted by Crippen LogP contribution is 2.03. The van der Waals surface area contributed by atoms with E-state index < -0.39 is 0 Å². The third-order valence-corrected chi connectivity index (χ3v) is 1.43. The number of nitrogens with zero attached hydrogens (tertiary/aromatic N) is 2. The van der Waals surface area contributed by atoms with Crippen LogP contribution in [-0.2, 0) is 0 Å². The molecule has 2 nitrogen and oxygen atoms in total. The molecule has 0 fully saturated rings. The number of rotatable bonds is 3. The Balaban J connectivity index is 2.14. The molecule has 1 aliphatic rings. The predicted octanol–water partition coefficient (Wildman–Crippen LogP) is 2.01. The molecule has 0 spiro atoms. The van der Waals surface area contributed by atoms with Crippen LogP contribution in [0.2, 0.25) is 0 Å². The molecule has 0 bridgehead atoms. The lowest BCUT2D eigenvalue weighted by Crippen LogP contribution is -1.93. The molecule has 1 heterocycles. The summed E-state index contributed by atoms with van der Waals surface area (Å²) in [6.45, 7) is 2.19. The van der Waals surface area contributed by atoms with Crippen LogP contribution in [0, 0.1) is 0 Å².